The molecular weight excluding hydrogens is 491 g/mol. The molecule has 180 valence electrons. The summed E-state index contributed by atoms with van der Waals surface area (Å²) in [6.45, 7) is 0. The number of anilines is 1. The molecule has 0 bridgehead atoms. The van der Waals surface area contributed by atoms with E-state index in [1.165, 1.54) is 22.2 Å². The van der Waals surface area contributed by atoms with Gasteiger partial charge in [0, 0.05) is 17.4 Å². The van der Waals surface area contributed by atoms with Crippen molar-refractivity contribution in [2.45, 2.75) is 24.7 Å². The average Bonchev–Trinajstić information content (AvgIpc) is 3.66. The third-order valence-corrected chi connectivity index (χ3v) is 7.20. The molecule has 0 unspecified atom stereocenters. The van der Waals surface area contributed by atoms with E-state index in [-0.39, 0.29) is 23.8 Å². The van der Waals surface area contributed by atoms with Gasteiger partial charge in [0.25, 0.3) is 0 Å². The number of nitrogens with zero attached hydrogens (tertiary/aromatic N) is 8. The topological polar surface area (TPSA) is 90.8 Å². The van der Waals surface area contributed by atoms with Crippen molar-refractivity contribution in [3.05, 3.63) is 71.3 Å². The molecule has 6 aromatic rings. The molecule has 36 heavy (non-hydrogen) atoms. The van der Waals surface area contributed by atoms with Crippen LogP contribution in [0.4, 0.5) is 19.0 Å². The third-order valence-electron chi connectivity index (χ3n) is 6.21. The van der Waals surface area contributed by atoms with Gasteiger partial charge in [0.2, 0.25) is 5.82 Å². The van der Waals surface area contributed by atoms with E-state index in [0.717, 1.165) is 15.2 Å². The van der Waals surface area contributed by atoms with E-state index >= 15 is 0 Å². The Bertz CT molecular complexity index is 1700. The Labute approximate surface area is 204 Å². The predicted molar refractivity (Wildman–Crippen MR) is 127 cm³/mol. The number of fused-ring (bicyclic) bond motifs is 4. The molecule has 1 aromatic carbocycles. The summed E-state index contributed by atoms with van der Waals surface area (Å²) in [5, 5.41) is 18.9. The smallest absolute Gasteiger partial charge is 0.363 e. The largest absolute Gasteiger partial charge is 0.410 e. The zero-order valence-corrected chi connectivity index (χ0v) is 19.1. The Kier molecular flexibility index (Phi) is 4.46. The highest BCUT2D eigenvalue weighted by atomic mass is 32.1. The second kappa shape index (κ2) is 7.62. The fraction of sp³-hybridized carbons (Fsp3) is 0.174. The number of hydrogen-bond acceptors (Lipinski definition) is 7. The average molecular weight is 508 g/mol. The number of thiophene rings is 1. The van der Waals surface area contributed by atoms with E-state index in [9.17, 15) is 13.2 Å². The van der Waals surface area contributed by atoms with Gasteiger partial charge in [0.05, 0.1) is 23.3 Å². The van der Waals surface area contributed by atoms with Crippen LogP contribution in [0.25, 0.3) is 33.9 Å². The predicted octanol–water partition coefficient (Wildman–Crippen LogP) is 5.05. The van der Waals surface area contributed by atoms with Gasteiger partial charge >= 0.3 is 6.18 Å². The van der Waals surface area contributed by atoms with E-state index in [4.69, 9.17) is 0 Å². The highest BCUT2D eigenvalue weighted by molar-refractivity contribution is 7.10. The summed E-state index contributed by atoms with van der Waals surface area (Å²) in [4.78, 5) is 9.91. The van der Waals surface area contributed by atoms with E-state index in [0.29, 0.717) is 16.7 Å². The summed E-state index contributed by atoms with van der Waals surface area (Å²) in [7, 11) is 0. The molecule has 0 spiro atoms. The lowest BCUT2D eigenvalue weighted by Gasteiger charge is -2.32. The maximum Gasteiger partial charge on any atom is 0.410 e. The number of para-hydroxylation sites is 1. The molecule has 0 fully saturated rings. The monoisotopic (exact) mass is 507 g/mol. The minimum absolute atomic E-state index is 0.153. The van der Waals surface area contributed by atoms with Crippen LogP contribution in [0.5, 0.6) is 0 Å². The third kappa shape index (κ3) is 3.26. The van der Waals surface area contributed by atoms with Crippen LogP contribution in [0.1, 0.15) is 23.4 Å². The van der Waals surface area contributed by atoms with Crippen LogP contribution < -0.4 is 5.32 Å². The lowest BCUT2D eigenvalue weighted by Crippen LogP contribution is -2.35. The second-order valence-electron chi connectivity index (χ2n) is 8.44. The van der Waals surface area contributed by atoms with Crippen LogP contribution in [0.15, 0.2) is 66.4 Å². The minimum Gasteiger partial charge on any atom is -0.363 e. The van der Waals surface area contributed by atoms with Crippen LogP contribution in [0.2, 0.25) is 0 Å². The number of halogens is 3. The van der Waals surface area contributed by atoms with Gasteiger partial charge in [-0.3, -0.25) is 0 Å². The first-order valence-electron chi connectivity index (χ1n) is 11.1. The summed E-state index contributed by atoms with van der Waals surface area (Å²) >= 11 is 1.42. The molecule has 6 heterocycles. The molecule has 13 heteroatoms. The van der Waals surface area contributed by atoms with Gasteiger partial charge in [-0.2, -0.15) is 23.4 Å². The summed E-state index contributed by atoms with van der Waals surface area (Å²) in [5.74, 6) is 0.477. The molecule has 7 rings (SSSR count). The van der Waals surface area contributed by atoms with E-state index in [2.05, 4.69) is 30.6 Å². The Balaban J connectivity index is 1.31. The normalized spacial score (nSPS) is 18.0. The number of alkyl halides is 3. The SMILES string of the molecule is FC(F)(F)[C@H]1C[C@@H](c2cccs2)Nc2cc(-c3nc4c5cnn(-c6ccccc6)c5ncn4n3)nn21. The first kappa shape index (κ1) is 21.1. The minimum atomic E-state index is -4.45. The summed E-state index contributed by atoms with van der Waals surface area (Å²) in [6, 6.07) is 12.6. The Morgan fingerprint density at radius 3 is 2.67 bits per heavy atom. The lowest BCUT2D eigenvalue weighted by molar-refractivity contribution is -0.173. The standard InChI is InChI=1S/C23H16F3N9S/c24-23(25,26)18-9-15(17-7-4-8-36-17)29-19-10-16(31-35(18)19)20-30-22-14-11-28-34(13-5-2-1-3-6-13)21(14)27-12-33(22)32-20/h1-8,10-12,15,18,29H,9H2/t15-,18+/m0/s1. The first-order valence-corrected chi connectivity index (χ1v) is 11.9. The molecule has 0 saturated carbocycles. The van der Waals surface area contributed by atoms with Gasteiger partial charge in [-0.25, -0.2) is 23.8 Å². The van der Waals surface area contributed by atoms with Gasteiger partial charge in [-0.05, 0) is 23.6 Å². The number of rotatable bonds is 3. The number of nitrogens with one attached hydrogen (secondary N) is 1. The van der Waals surface area contributed by atoms with Crippen molar-refractivity contribution < 1.29 is 13.2 Å². The number of aromatic nitrogens is 8. The van der Waals surface area contributed by atoms with Crippen molar-refractivity contribution >= 4 is 33.8 Å². The first-order chi connectivity index (χ1) is 17.5. The van der Waals surface area contributed by atoms with Crippen molar-refractivity contribution in [1.82, 2.24) is 39.1 Å². The van der Waals surface area contributed by atoms with Crippen LogP contribution >= 0.6 is 11.3 Å². The fourth-order valence-electron chi connectivity index (χ4n) is 4.55. The maximum atomic E-state index is 14.0. The van der Waals surface area contributed by atoms with Gasteiger partial charge < -0.3 is 5.32 Å². The van der Waals surface area contributed by atoms with Gasteiger partial charge in [-0.1, -0.05) is 24.3 Å². The molecule has 0 radical (unpaired) electrons. The molecule has 9 nitrogen and oxygen atoms in total. The van der Waals surface area contributed by atoms with Gasteiger partial charge in [0.1, 0.15) is 17.8 Å². The summed E-state index contributed by atoms with van der Waals surface area (Å²) < 4.78 is 46.1. The number of benzene rings is 1. The summed E-state index contributed by atoms with van der Waals surface area (Å²) in [6.07, 6.45) is -1.45. The van der Waals surface area contributed by atoms with Crippen LogP contribution in [0.3, 0.4) is 0 Å². The second-order valence-corrected chi connectivity index (χ2v) is 9.42. The van der Waals surface area contributed by atoms with Gasteiger partial charge in [0.15, 0.2) is 17.3 Å². The van der Waals surface area contributed by atoms with E-state index in [1.54, 1.807) is 16.9 Å². The molecular formula is C23H16F3N9S. The van der Waals surface area contributed by atoms with Crippen molar-refractivity contribution in [2.75, 3.05) is 5.32 Å². The molecule has 1 aliphatic rings. The Hall–Kier alpha value is -4.26. The molecule has 0 aliphatic carbocycles. The molecule has 1 aliphatic heterocycles. The Morgan fingerprint density at radius 2 is 1.89 bits per heavy atom. The molecule has 1 N–H and O–H groups in total. The Morgan fingerprint density at radius 1 is 1.03 bits per heavy atom. The molecule has 2 atom stereocenters. The van der Waals surface area contributed by atoms with E-state index < -0.39 is 18.3 Å². The quantitative estimate of drug-likeness (QED) is 0.361. The molecule has 0 saturated heterocycles. The lowest BCUT2D eigenvalue weighted by atomic mass is 10.0. The molecule has 5 aromatic heterocycles. The molecule has 0 amide bonds. The number of hydrogen-bond donors (Lipinski definition) is 1. The van der Waals surface area contributed by atoms with Crippen molar-refractivity contribution in [2.24, 2.45) is 0 Å². The van der Waals surface area contributed by atoms with Crippen LogP contribution in [-0.4, -0.2) is 45.3 Å². The van der Waals surface area contributed by atoms with Crippen molar-refractivity contribution in [1.29, 1.82) is 0 Å². The maximum absolute atomic E-state index is 14.0. The van der Waals surface area contributed by atoms with Crippen molar-refractivity contribution in [3.8, 4) is 17.2 Å². The summed E-state index contributed by atoms with van der Waals surface area (Å²) in [5.41, 5.74) is 2.16. The zero-order chi connectivity index (χ0) is 24.4. The highest BCUT2D eigenvalue weighted by Crippen LogP contribution is 2.45. The van der Waals surface area contributed by atoms with Crippen LogP contribution in [0, 0.1) is 0 Å². The fourth-order valence-corrected chi connectivity index (χ4v) is 5.34. The van der Waals surface area contributed by atoms with Gasteiger partial charge in [-0.15, -0.1) is 16.4 Å². The van der Waals surface area contributed by atoms with Crippen molar-refractivity contribution in [3.63, 3.8) is 0 Å². The van der Waals surface area contributed by atoms with Crippen LogP contribution in [-0.2, 0) is 0 Å². The zero-order valence-electron chi connectivity index (χ0n) is 18.3. The highest BCUT2D eigenvalue weighted by Gasteiger charge is 2.47. The van der Waals surface area contributed by atoms with E-state index in [1.807, 2.05) is 47.8 Å².